The molecule has 1 aliphatic carbocycles. The Labute approximate surface area is 117 Å². The SMILES string of the molecule is CCC(CC)n1ccc(CNC2CCC(C)CC2)n1. The molecular weight excluding hydrogens is 234 g/mol. The van der Waals surface area contributed by atoms with Gasteiger partial charge in [-0.1, -0.05) is 20.8 Å². The third-order valence-corrected chi connectivity index (χ3v) is 4.57. The van der Waals surface area contributed by atoms with E-state index in [-0.39, 0.29) is 0 Å². The van der Waals surface area contributed by atoms with Gasteiger partial charge in [-0.15, -0.1) is 0 Å². The summed E-state index contributed by atoms with van der Waals surface area (Å²) in [4.78, 5) is 0. The molecule has 0 bridgehead atoms. The second-order valence-electron chi connectivity index (χ2n) is 6.10. The molecule has 0 radical (unpaired) electrons. The Balaban J connectivity index is 1.80. The van der Waals surface area contributed by atoms with Gasteiger partial charge in [-0.2, -0.15) is 5.10 Å². The molecule has 1 aromatic rings. The van der Waals surface area contributed by atoms with Gasteiger partial charge < -0.3 is 5.32 Å². The lowest BCUT2D eigenvalue weighted by Crippen LogP contribution is -2.32. The number of hydrogen-bond donors (Lipinski definition) is 1. The van der Waals surface area contributed by atoms with E-state index in [0.29, 0.717) is 12.1 Å². The van der Waals surface area contributed by atoms with Gasteiger partial charge in [0.05, 0.1) is 11.7 Å². The average Bonchev–Trinajstić information content (AvgIpc) is 2.88. The highest BCUT2D eigenvalue weighted by Crippen LogP contribution is 2.23. The molecule has 0 atom stereocenters. The molecular formula is C16H29N3. The van der Waals surface area contributed by atoms with Crippen LogP contribution in [0.4, 0.5) is 0 Å². The van der Waals surface area contributed by atoms with E-state index in [1.807, 2.05) is 0 Å². The van der Waals surface area contributed by atoms with Gasteiger partial charge in [-0.05, 0) is 50.5 Å². The Bertz CT molecular complexity index is 360. The highest BCUT2D eigenvalue weighted by molar-refractivity contribution is 5.00. The van der Waals surface area contributed by atoms with Crippen LogP contribution < -0.4 is 5.32 Å². The fourth-order valence-electron chi connectivity index (χ4n) is 3.05. The zero-order valence-electron chi connectivity index (χ0n) is 12.7. The summed E-state index contributed by atoms with van der Waals surface area (Å²) in [5.41, 5.74) is 1.19. The Hall–Kier alpha value is -0.830. The van der Waals surface area contributed by atoms with Crippen LogP contribution in [0.2, 0.25) is 0 Å². The van der Waals surface area contributed by atoms with Gasteiger partial charge in [0.25, 0.3) is 0 Å². The molecule has 3 nitrogen and oxygen atoms in total. The molecule has 3 heteroatoms. The molecule has 0 aliphatic heterocycles. The normalized spacial score (nSPS) is 24.0. The predicted molar refractivity (Wildman–Crippen MR) is 80.1 cm³/mol. The van der Waals surface area contributed by atoms with Gasteiger partial charge in [0.2, 0.25) is 0 Å². The lowest BCUT2D eigenvalue weighted by molar-refractivity contribution is 0.305. The lowest BCUT2D eigenvalue weighted by atomic mass is 9.87. The van der Waals surface area contributed by atoms with Crippen molar-refractivity contribution in [1.82, 2.24) is 15.1 Å². The Morgan fingerprint density at radius 2 is 1.95 bits per heavy atom. The zero-order chi connectivity index (χ0) is 13.7. The fourth-order valence-corrected chi connectivity index (χ4v) is 3.05. The van der Waals surface area contributed by atoms with Gasteiger partial charge in [0.1, 0.15) is 0 Å². The van der Waals surface area contributed by atoms with E-state index in [1.165, 1.54) is 31.4 Å². The van der Waals surface area contributed by atoms with Crippen LogP contribution in [-0.2, 0) is 6.54 Å². The monoisotopic (exact) mass is 263 g/mol. The molecule has 1 aliphatic rings. The number of rotatable bonds is 6. The van der Waals surface area contributed by atoms with E-state index in [4.69, 9.17) is 5.10 Å². The second-order valence-corrected chi connectivity index (χ2v) is 6.10. The number of nitrogens with one attached hydrogen (secondary N) is 1. The summed E-state index contributed by atoms with van der Waals surface area (Å²) in [6.07, 6.45) is 9.86. The molecule has 0 unspecified atom stereocenters. The van der Waals surface area contributed by atoms with Gasteiger partial charge in [-0.25, -0.2) is 0 Å². The number of nitrogens with zero attached hydrogens (tertiary/aromatic N) is 2. The molecule has 2 rings (SSSR count). The zero-order valence-corrected chi connectivity index (χ0v) is 12.7. The van der Waals surface area contributed by atoms with Crippen LogP contribution in [-0.4, -0.2) is 15.8 Å². The van der Waals surface area contributed by atoms with Crippen molar-refractivity contribution in [3.05, 3.63) is 18.0 Å². The van der Waals surface area contributed by atoms with Crippen molar-refractivity contribution in [3.63, 3.8) is 0 Å². The summed E-state index contributed by atoms with van der Waals surface area (Å²) < 4.78 is 2.14. The number of aromatic nitrogens is 2. The van der Waals surface area contributed by atoms with E-state index < -0.39 is 0 Å². The molecule has 1 saturated carbocycles. The molecule has 1 heterocycles. The summed E-state index contributed by atoms with van der Waals surface area (Å²) in [5, 5.41) is 8.38. The third-order valence-electron chi connectivity index (χ3n) is 4.57. The van der Waals surface area contributed by atoms with Crippen molar-refractivity contribution in [2.24, 2.45) is 5.92 Å². The first kappa shape index (κ1) is 14.6. The largest absolute Gasteiger partial charge is 0.308 e. The van der Waals surface area contributed by atoms with E-state index in [2.05, 4.69) is 43.0 Å². The summed E-state index contributed by atoms with van der Waals surface area (Å²) in [7, 11) is 0. The van der Waals surface area contributed by atoms with Crippen molar-refractivity contribution >= 4 is 0 Å². The molecule has 1 N–H and O–H groups in total. The first-order chi connectivity index (χ1) is 9.22. The summed E-state index contributed by atoms with van der Waals surface area (Å²) in [5.74, 6) is 0.923. The Morgan fingerprint density at radius 3 is 2.58 bits per heavy atom. The fraction of sp³-hybridized carbons (Fsp3) is 0.812. The van der Waals surface area contributed by atoms with Gasteiger partial charge in [-0.3, -0.25) is 4.68 Å². The maximum absolute atomic E-state index is 4.71. The molecule has 108 valence electrons. The quantitative estimate of drug-likeness (QED) is 0.843. The highest BCUT2D eigenvalue weighted by atomic mass is 15.3. The smallest absolute Gasteiger partial charge is 0.0762 e. The van der Waals surface area contributed by atoms with Gasteiger partial charge in [0.15, 0.2) is 0 Å². The van der Waals surface area contributed by atoms with Crippen LogP contribution in [0.15, 0.2) is 12.3 Å². The second kappa shape index (κ2) is 7.09. The third kappa shape index (κ3) is 4.07. The molecule has 0 spiro atoms. The predicted octanol–water partition coefficient (Wildman–Crippen LogP) is 3.91. The summed E-state index contributed by atoms with van der Waals surface area (Å²) >= 11 is 0. The molecule has 1 aromatic heterocycles. The van der Waals surface area contributed by atoms with Gasteiger partial charge >= 0.3 is 0 Å². The maximum atomic E-state index is 4.71. The first-order valence-electron chi connectivity index (χ1n) is 8.00. The van der Waals surface area contributed by atoms with Crippen LogP contribution in [0.3, 0.4) is 0 Å². The van der Waals surface area contributed by atoms with E-state index >= 15 is 0 Å². The van der Waals surface area contributed by atoms with Crippen LogP contribution in [0.5, 0.6) is 0 Å². The first-order valence-corrected chi connectivity index (χ1v) is 8.00. The molecule has 0 saturated heterocycles. The summed E-state index contributed by atoms with van der Waals surface area (Å²) in [6.45, 7) is 7.76. The highest BCUT2D eigenvalue weighted by Gasteiger charge is 2.17. The van der Waals surface area contributed by atoms with Crippen molar-refractivity contribution in [3.8, 4) is 0 Å². The lowest BCUT2D eigenvalue weighted by Gasteiger charge is -2.26. The Kier molecular flexibility index (Phi) is 5.44. The molecule has 0 aromatic carbocycles. The molecule has 1 fully saturated rings. The van der Waals surface area contributed by atoms with E-state index in [1.54, 1.807) is 0 Å². The van der Waals surface area contributed by atoms with Gasteiger partial charge in [0, 0.05) is 18.8 Å². The topological polar surface area (TPSA) is 29.9 Å². The van der Waals surface area contributed by atoms with Crippen molar-refractivity contribution < 1.29 is 0 Å². The van der Waals surface area contributed by atoms with Crippen LogP contribution in [0, 0.1) is 5.92 Å². The Morgan fingerprint density at radius 1 is 1.26 bits per heavy atom. The number of hydrogen-bond acceptors (Lipinski definition) is 2. The average molecular weight is 263 g/mol. The minimum atomic E-state index is 0.560. The molecule has 19 heavy (non-hydrogen) atoms. The maximum Gasteiger partial charge on any atom is 0.0762 e. The van der Waals surface area contributed by atoms with Crippen LogP contribution in [0.1, 0.15) is 71.0 Å². The van der Waals surface area contributed by atoms with Crippen molar-refractivity contribution in [1.29, 1.82) is 0 Å². The molecule has 0 amide bonds. The minimum Gasteiger partial charge on any atom is -0.308 e. The van der Waals surface area contributed by atoms with E-state index in [9.17, 15) is 0 Å². The van der Waals surface area contributed by atoms with Crippen molar-refractivity contribution in [2.75, 3.05) is 0 Å². The van der Waals surface area contributed by atoms with E-state index in [0.717, 1.165) is 25.3 Å². The van der Waals surface area contributed by atoms with Crippen LogP contribution >= 0.6 is 0 Å². The summed E-state index contributed by atoms with van der Waals surface area (Å²) in [6, 6.07) is 3.43. The van der Waals surface area contributed by atoms with Crippen molar-refractivity contribution in [2.45, 2.75) is 77.9 Å². The van der Waals surface area contributed by atoms with Crippen LogP contribution in [0.25, 0.3) is 0 Å². The minimum absolute atomic E-state index is 0.560. The standard InChI is InChI=1S/C16H29N3/c1-4-16(5-2)19-11-10-15(18-19)12-17-14-8-6-13(3)7-9-14/h10-11,13-14,16-17H,4-9,12H2,1-3H3.